The first-order chi connectivity index (χ1) is 15.3. The van der Waals surface area contributed by atoms with E-state index in [9.17, 15) is 24.3 Å². The summed E-state index contributed by atoms with van der Waals surface area (Å²) in [6.45, 7) is 15.9. The molecule has 2 aliphatic rings. The van der Waals surface area contributed by atoms with E-state index in [4.69, 9.17) is 0 Å². The van der Waals surface area contributed by atoms with Crippen molar-refractivity contribution in [3.8, 4) is 5.88 Å². The Labute approximate surface area is 190 Å². The first-order valence-corrected chi connectivity index (χ1v) is 10.2. The largest absolute Gasteiger partial charge is 0.493 e. The van der Waals surface area contributed by atoms with E-state index in [2.05, 4.69) is 38.8 Å². The molecule has 1 aromatic heterocycles. The van der Waals surface area contributed by atoms with Crippen molar-refractivity contribution >= 4 is 41.7 Å². The third kappa shape index (κ3) is 5.85. The zero-order chi connectivity index (χ0) is 25.1. The van der Waals surface area contributed by atoms with Crippen LogP contribution in [0.25, 0.3) is 6.58 Å². The summed E-state index contributed by atoms with van der Waals surface area (Å²) in [6.07, 6.45) is 2.00. The Morgan fingerprint density at radius 2 is 1.82 bits per heavy atom. The van der Waals surface area contributed by atoms with Gasteiger partial charge in [0.25, 0.3) is 5.91 Å². The van der Waals surface area contributed by atoms with Gasteiger partial charge in [-0.25, -0.2) is 9.98 Å². The van der Waals surface area contributed by atoms with Crippen molar-refractivity contribution in [1.29, 1.82) is 0 Å². The van der Waals surface area contributed by atoms with Gasteiger partial charge in [0, 0.05) is 41.7 Å². The highest BCUT2D eigenvalue weighted by Gasteiger charge is 2.34. The maximum atomic E-state index is 11.7. The summed E-state index contributed by atoms with van der Waals surface area (Å²) in [4.78, 5) is 56.6. The Balaban J connectivity index is 0.000000257. The quantitative estimate of drug-likeness (QED) is 0.620. The van der Waals surface area contributed by atoms with Gasteiger partial charge in [-0.1, -0.05) is 33.9 Å². The second-order valence-electron chi connectivity index (χ2n) is 8.22. The molecule has 0 fully saturated rings. The summed E-state index contributed by atoms with van der Waals surface area (Å²) < 4.78 is 0. The van der Waals surface area contributed by atoms with Gasteiger partial charge in [-0.3, -0.25) is 19.2 Å². The number of nitrogens with one attached hydrogen (secondary N) is 2. The Bertz CT molecular complexity index is 1240. The fourth-order valence-electron chi connectivity index (χ4n) is 3.20. The van der Waals surface area contributed by atoms with E-state index in [1.54, 1.807) is 13.8 Å². The standard InChI is InChI=1S/C14H17N3O3.C9H10N2O2/c1-5-8(18)16-12-7(2)11-10(13(20)17-12)14(3,4)6-9(19)15-11;1-5-4-8(11-7(3)12)9(13)10-6(5)2/h20H,2,5-6H2,1,3-4H3,(H,16,17,18);4H,1H2,2-3H3,(H,11,12). The molecule has 0 saturated heterocycles. The number of anilines is 1. The Morgan fingerprint density at radius 3 is 2.39 bits per heavy atom. The van der Waals surface area contributed by atoms with E-state index in [1.807, 2.05) is 13.8 Å². The van der Waals surface area contributed by atoms with E-state index in [1.165, 1.54) is 13.0 Å². The van der Waals surface area contributed by atoms with E-state index >= 15 is 0 Å². The molecule has 3 rings (SSSR count). The van der Waals surface area contributed by atoms with Gasteiger partial charge in [-0.2, -0.15) is 4.98 Å². The number of pyridine rings is 1. The highest BCUT2D eigenvalue weighted by atomic mass is 16.3. The lowest BCUT2D eigenvalue weighted by Crippen LogP contribution is -2.43. The first-order valence-electron chi connectivity index (χ1n) is 10.2. The molecule has 0 radical (unpaired) electrons. The minimum absolute atomic E-state index is 0.141. The molecule has 174 valence electrons. The number of fused-ring (bicyclic) bond motifs is 1. The number of hydrogen-bond donors (Lipinski definition) is 3. The van der Waals surface area contributed by atoms with Crippen LogP contribution in [0.3, 0.4) is 0 Å². The number of dihydropyridines is 1. The van der Waals surface area contributed by atoms with Crippen molar-refractivity contribution in [1.82, 2.24) is 10.3 Å². The van der Waals surface area contributed by atoms with Crippen LogP contribution in [-0.2, 0) is 24.6 Å². The van der Waals surface area contributed by atoms with Gasteiger partial charge in [-0.05, 0) is 18.6 Å². The second-order valence-corrected chi connectivity index (χ2v) is 8.22. The topological polar surface area (TPSA) is 150 Å². The Kier molecular flexibility index (Phi) is 7.42. The maximum Gasteiger partial charge on any atom is 0.293 e. The molecular weight excluding hydrogens is 426 g/mol. The van der Waals surface area contributed by atoms with Gasteiger partial charge in [0.15, 0.2) is 0 Å². The van der Waals surface area contributed by atoms with Crippen LogP contribution >= 0.6 is 0 Å². The van der Waals surface area contributed by atoms with Gasteiger partial charge in [0.05, 0.1) is 5.36 Å². The van der Waals surface area contributed by atoms with Crippen molar-refractivity contribution in [2.75, 3.05) is 5.32 Å². The number of carbonyl (C=O) groups is 4. The highest BCUT2D eigenvalue weighted by molar-refractivity contribution is 6.14. The van der Waals surface area contributed by atoms with E-state index < -0.39 is 11.3 Å². The highest BCUT2D eigenvalue weighted by Crippen LogP contribution is 2.32. The Hall–Kier alpha value is -3.95. The SMILES string of the molecule is C=C1C=C(NC(C)=O)C(=O)N=C1C.C=c1c(NC(=O)CC)nc(O)c2c1=NC(=O)CC2(C)C. The molecule has 0 unspecified atom stereocenters. The summed E-state index contributed by atoms with van der Waals surface area (Å²) >= 11 is 0. The summed E-state index contributed by atoms with van der Waals surface area (Å²) in [5, 5.41) is 15.7. The predicted molar refractivity (Wildman–Crippen MR) is 123 cm³/mol. The number of hydrogen-bond acceptors (Lipinski definition) is 6. The fraction of sp³-hybridized carbons (Fsp3) is 0.348. The van der Waals surface area contributed by atoms with Crippen LogP contribution in [0.5, 0.6) is 5.88 Å². The molecule has 0 aromatic carbocycles. The second kappa shape index (κ2) is 9.68. The smallest absolute Gasteiger partial charge is 0.293 e. The predicted octanol–water partition coefficient (Wildman–Crippen LogP) is 0.937. The van der Waals surface area contributed by atoms with Crippen LogP contribution in [-0.4, -0.2) is 39.4 Å². The fourth-order valence-corrected chi connectivity index (χ4v) is 3.20. The third-order valence-corrected chi connectivity index (χ3v) is 4.93. The van der Waals surface area contributed by atoms with Gasteiger partial charge in [-0.15, -0.1) is 0 Å². The lowest BCUT2D eigenvalue weighted by molar-refractivity contribution is -0.121. The van der Waals surface area contributed by atoms with Crippen molar-refractivity contribution in [3.63, 3.8) is 0 Å². The summed E-state index contributed by atoms with van der Waals surface area (Å²) in [5.41, 5.74) is 1.34. The van der Waals surface area contributed by atoms with Crippen molar-refractivity contribution in [3.05, 3.63) is 40.1 Å². The minimum Gasteiger partial charge on any atom is -0.493 e. The molecule has 10 heteroatoms. The molecule has 3 heterocycles. The van der Waals surface area contributed by atoms with Crippen LogP contribution < -0.4 is 21.2 Å². The zero-order valence-corrected chi connectivity index (χ0v) is 19.3. The monoisotopic (exact) mass is 453 g/mol. The van der Waals surface area contributed by atoms with Gasteiger partial charge < -0.3 is 15.7 Å². The zero-order valence-electron chi connectivity index (χ0n) is 19.3. The molecule has 4 amide bonds. The van der Waals surface area contributed by atoms with Gasteiger partial charge >= 0.3 is 0 Å². The van der Waals surface area contributed by atoms with E-state index in [0.29, 0.717) is 27.4 Å². The molecule has 10 nitrogen and oxygen atoms in total. The van der Waals surface area contributed by atoms with Crippen molar-refractivity contribution < 1.29 is 24.3 Å². The average Bonchev–Trinajstić information content (AvgIpc) is 2.68. The van der Waals surface area contributed by atoms with Crippen LogP contribution in [0.4, 0.5) is 5.82 Å². The number of aromatic hydroxyl groups is 1. The molecule has 33 heavy (non-hydrogen) atoms. The van der Waals surface area contributed by atoms with Crippen molar-refractivity contribution in [2.24, 2.45) is 9.98 Å². The number of amides is 4. The normalized spacial score (nSPS) is 16.3. The van der Waals surface area contributed by atoms with E-state index in [0.717, 1.165) is 0 Å². The third-order valence-electron chi connectivity index (χ3n) is 4.93. The minimum atomic E-state index is -0.564. The van der Waals surface area contributed by atoms with Crippen molar-refractivity contribution in [2.45, 2.75) is 52.9 Å². The van der Waals surface area contributed by atoms with Gasteiger partial charge in [0.2, 0.25) is 23.6 Å². The summed E-state index contributed by atoms with van der Waals surface area (Å²) in [6, 6.07) is 0. The lowest BCUT2D eigenvalue weighted by Gasteiger charge is -2.27. The van der Waals surface area contributed by atoms with Crippen LogP contribution in [0.2, 0.25) is 0 Å². The molecule has 1 aromatic rings. The number of aromatic nitrogens is 1. The molecule has 3 N–H and O–H groups in total. The molecule has 0 aliphatic carbocycles. The lowest BCUT2D eigenvalue weighted by atomic mass is 9.79. The number of carbonyl (C=O) groups excluding carboxylic acids is 4. The average molecular weight is 453 g/mol. The molecule has 0 spiro atoms. The molecule has 2 aliphatic heterocycles. The molecule has 0 atom stereocenters. The van der Waals surface area contributed by atoms with Gasteiger partial charge in [0.1, 0.15) is 11.5 Å². The molecular formula is C23H27N5O5. The molecule has 0 saturated carbocycles. The maximum absolute atomic E-state index is 11.7. The number of nitrogens with zero attached hydrogens (tertiary/aromatic N) is 3. The van der Waals surface area contributed by atoms with Crippen LogP contribution in [0.1, 0.15) is 53.0 Å². The van der Waals surface area contributed by atoms with E-state index in [-0.39, 0.29) is 48.0 Å². The molecule has 0 bridgehead atoms. The van der Waals surface area contributed by atoms with Crippen LogP contribution in [0.15, 0.2) is 33.9 Å². The summed E-state index contributed by atoms with van der Waals surface area (Å²) in [5.74, 6) is -1.32. The number of allylic oxidation sites excluding steroid dienone is 2. The number of aliphatic imine (C=N–C) groups is 1. The number of rotatable bonds is 3. The van der Waals surface area contributed by atoms with Crippen LogP contribution in [0, 0.1) is 0 Å². The Morgan fingerprint density at radius 1 is 1.18 bits per heavy atom. The summed E-state index contributed by atoms with van der Waals surface area (Å²) in [7, 11) is 0. The first kappa shape index (κ1) is 25.3.